The fourth-order valence-electron chi connectivity index (χ4n) is 2.88. The molecule has 1 saturated carbocycles. The van der Waals surface area contributed by atoms with Gasteiger partial charge in [0.25, 0.3) is 5.91 Å². The first-order valence-electron chi connectivity index (χ1n) is 8.04. The Labute approximate surface area is 151 Å². The summed E-state index contributed by atoms with van der Waals surface area (Å²) in [5.41, 5.74) is 1.61. The highest BCUT2D eigenvalue weighted by molar-refractivity contribution is 6.30. The van der Waals surface area contributed by atoms with Gasteiger partial charge in [-0.3, -0.25) is 9.59 Å². The molecule has 2 aromatic rings. The summed E-state index contributed by atoms with van der Waals surface area (Å²) in [7, 11) is 0. The molecule has 2 aromatic carbocycles. The van der Waals surface area contributed by atoms with Crippen molar-refractivity contribution in [1.29, 1.82) is 0 Å². The SMILES string of the molecule is CC(=O)Nc1ccc(O)c(C(=O)NCC2(c3cccc(Cl)c3)CC2)c1. The van der Waals surface area contributed by atoms with Gasteiger partial charge in [0.15, 0.2) is 0 Å². The zero-order valence-electron chi connectivity index (χ0n) is 13.8. The van der Waals surface area contributed by atoms with E-state index in [4.69, 9.17) is 11.6 Å². The number of phenols is 1. The summed E-state index contributed by atoms with van der Waals surface area (Å²) in [5, 5.41) is 16.1. The first-order chi connectivity index (χ1) is 11.9. The number of benzene rings is 2. The van der Waals surface area contributed by atoms with Crippen molar-refractivity contribution in [2.24, 2.45) is 0 Å². The van der Waals surface area contributed by atoms with E-state index in [0.717, 1.165) is 18.4 Å². The molecule has 1 aliphatic rings. The summed E-state index contributed by atoms with van der Waals surface area (Å²) in [6.45, 7) is 1.85. The van der Waals surface area contributed by atoms with Gasteiger partial charge in [-0.2, -0.15) is 0 Å². The molecule has 5 nitrogen and oxygen atoms in total. The molecule has 0 unspecified atom stereocenters. The molecule has 0 spiro atoms. The third kappa shape index (κ3) is 3.94. The highest BCUT2D eigenvalue weighted by atomic mass is 35.5. The number of anilines is 1. The molecule has 0 bridgehead atoms. The minimum absolute atomic E-state index is 0.0918. The van der Waals surface area contributed by atoms with Gasteiger partial charge in [-0.1, -0.05) is 23.7 Å². The second-order valence-electron chi connectivity index (χ2n) is 6.39. The average molecular weight is 359 g/mol. The zero-order chi connectivity index (χ0) is 18.0. The number of halogens is 1. The molecule has 3 rings (SSSR count). The van der Waals surface area contributed by atoms with E-state index in [9.17, 15) is 14.7 Å². The van der Waals surface area contributed by atoms with E-state index < -0.39 is 0 Å². The lowest BCUT2D eigenvalue weighted by Crippen LogP contribution is -2.32. The predicted molar refractivity (Wildman–Crippen MR) is 97.1 cm³/mol. The number of hydrogen-bond acceptors (Lipinski definition) is 3. The van der Waals surface area contributed by atoms with E-state index in [-0.39, 0.29) is 28.5 Å². The van der Waals surface area contributed by atoms with Crippen LogP contribution in [-0.2, 0) is 10.2 Å². The van der Waals surface area contributed by atoms with Crippen molar-refractivity contribution >= 4 is 29.1 Å². The highest BCUT2D eigenvalue weighted by Crippen LogP contribution is 2.48. The number of aromatic hydroxyl groups is 1. The van der Waals surface area contributed by atoms with Crippen LogP contribution in [0.2, 0.25) is 5.02 Å². The Kier molecular flexibility index (Phi) is 4.68. The van der Waals surface area contributed by atoms with E-state index >= 15 is 0 Å². The molecule has 2 amide bonds. The second-order valence-corrected chi connectivity index (χ2v) is 6.82. The van der Waals surface area contributed by atoms with Gasteiger partial charge in [-0.25, -0.2) is 0 Å². The Bertz CT molecular complexity index is 831. The molecule has 0 heterocycles. The van der Waals surface area contributed by atoms with Crippen LogP contribution in [0.25, 0.3) is 0 Å². The van der Waals surface area contributed by atoms with Gasteiger partial charge in [-0.05, 0) is 48.7 Å². The molecular formula is C19H19ClN2O3. The van der Waals surface area contributed by atoms with E-state index in [1.807, 2.05) is 24.3 Å². The third-order valence-electron chi connectivity index (χ3n) is 4.44. The van der Waals surface area contributed by atoms with Crippen LogP contribution in [0.15, 0.2) is 42.5 Å². The Balaban J connectivity index is 1.72. The van der Waals surface area contributed by atoms with Crippen LogP contribution in [0.3, 0.4) is 0 Å². The number of nitrogens with one attached hydrogen (secondary N) is 2. The summed E-state index contributed by atoms with van der Waals surface area (Å²) < 4.78 is 0. The Hall–Kier alpha value is -2.53. The molecule has 1 fully saturated rings. The van der Waals surface area contributed by atoms with Crippen molar-refractivity contribution in [2.75, 3.05) is 11.9 Å². The fraction of sp³-hybridized carbons (Fsp3) is 0.263. The van der Waals surface area contributed by atoms with Crippen LogP contribution in [0, 0.1) is 0 Å². The molecule has 3 N–H and O–H groups in total. The molecule has 0 aliphatic heterocycles. The lowest BCUT2D eigenvalue weighted by molar-refractivity contribution is -0.114. The van der Waals surface area contributed by atoms with Gasteiger partial charge in [-0.15, -0.1) is 0 Å². The van der Waals surface area contributed by atoms with Gasteiger partial charge in [0.1, 0.15) is 5.75 Å². The standard InChI is InChI=1S/C19H19ClN2O3/c1-12(23)22-15-5-6-17(24)16(10-15)18(25)21-11-19(7-8-19)13-3-2-4-14(20)9-13/h2-6,9-10,24H,7-8,11H2,1H3,(H,21,25)(H,22,23). The Morgan fingerprint density at radius 1 is 1.20 bits per heavy atom. The monoisotopic (exact) mass is 358 g/mol. The average Bonchev–Trinajstić information content (AvgIpc) is 3.35. The lowest BCUT2D eigenvalue weighted by atomic mass is 9.96. The van der Waals surface area contributed by atoms with Gasteiger partial charge in [0.2, 0.25) is 5.91 Å². The maximum atomic E-state index is 12.5. The summed E-state index contributed by atoms with van der Waals surface area (Å²) in [5.74, 6) is -0.743. The number of rotatable bonds is 5. The molecule has 0 saturated heterocycles. The molecule has 1 aliphatic carbocycles. The zero-order valence-corrected chi connectivity index (χ0v) is 14.6. The minimum Gasteiger partial charge on any atom is -0.507 e. The van der Waals surface area contributed by atoms with Crippen molar-refractivity contribution in [3.05, 3.63) is 58.6 Å². The number of hydrogen-bond donors (Lipinski definition) is 3. The fourth-order valence-corrected chi connectivity index (χ4v) is 3.07. The van der Waals surface area contributed by atoms with Crippen molar-refractivity contribution < 1.29 is 14.7 Å². The topological polar surface area (TPSA) is 78.4 Å². The van der Waals surface area contributed by atoms with Crippen molar-refractivity contribution in [3.8, 4) is 5.75 Å². The predicted octanol–water partition coefficient (Wildman–Crippen LogP) is 3.47. The quantitative estimate of drug-likeness (QED) is 0.716. The Morgan fingerprint density at radius 3 is 2.60 bits per heavy atom. The van der Waals surface area contributed by atoms with Crippen LogP contribution in [0.5, 0.6) is 5.75 Å². The van der Waals surface area contributed by atoms with Crippen molar-refractivity contribution in [3.63, 3.8) is 0 Å². The summed E-state index contributed by atoms with van der Waals surface area (Å²) in [6, 6.07) is 12.1. The second kappa shape index (κ2) is 6.76. The molecule has 6 heteroatoms. The maximum absolute atomic E-state index is 12.5. The van der Waals surface area contributed by atoms with E-state index in [2.05, 4.69) is 10.6 Å². The Morgan fingerprint density at radius 2 is 1.96 bits per heavy atom. The van der Waals surface area contributed by atoms with E-state index in [1.165, 1.54) is 19.1 Å². The smallest absolute Gasteiger partial charge is 0.255 e. The molecule has 25 heavy (non-hydrogen) atoms. The van der Waals surface area contributed by atoms with Crippen LogP contribution < -0.4 is 10.6 Å². The molecule has 0 atom stereocenters. The minimum atomic E-state index is -0.377. The van der Waals surface area contributed by atoms with Crippen LogP contribution in [0.4, 0.5) is 5.69 Å². The summed E-state index contributed by atoms with van der Waals surface area (Å²) >= 11 is 6.06. The molecule has 130 valence electrons. The largest absolute Gasteiger partial charge is 0.507 e. The number of amides is 2. The van der Waals surface area contributed by atoms with Crippen molar-refractivity contribution in [1.82, 2.24) is 5.32 Å². The van der Waals surface area contributed by atoms with Gasteiger partial charge < -0.3 is 15.7 Å². The highest BCUT2D eigenvalue weighted by Gasteiger charge is 2.44. The molecule has 0 aromatic heterocycles. The summed E-state index contributed by atoms with van der Waals surface area (Å²) in [4.78, 5) is 23.6. The molecular weight excluding hydrogens is 340 g/mol. The lowest BCUT2D eigenvalue weighted by Gasteiger charge is -2.17. The van der Waals surface area contributed by atoms with Crippen molar-refractivity contribution in [2.45, 2.75) is 25.2 Å². The number of phenolic OH excluding ortho intramolecular Hbond substituents is 1. The van der Waals surface area contributed by atoms with Crippen LogP contribution >= 0.6 is 11.6 Å². The number of carbonyl (C=O) groups is 2. The van der Waals surface area contributed by atoms with E-state index in [0.29, 0.717) is 17.3 Å². The third-order valence-corrected chi connectivity index (χ3v) is 4.67. The summed E-state index contributed by atoms with van der Waals surface area (Å²) in [6.07, 6.45) is 1.96. The normalized spacial score (nSPS) is 14.6. The first-order valence-corrected chi connectivity index (χ1v) is 8.42. The van der Waals surface area contributed by atoms with E-state index in [1.54, 1.807) is 6.07 Å². The maximum Gasteiger partial charge on any atom is 0.255 e. The molecule has 0 radical (unpaired) electrons. The van der Waals surface area contributed by atoms with Gasteiger partial charge in [0, 0.05) is 29.6 Å². The first kappa shape index (κ1) is 17.3. The van der Waals surface area contributed by atoms with Crippen LogP contribution in [0.1, 0.15) is 35.7 Å². The van der Waals surface area contributed by atoms with Gasteiger partial charge in [0.05, 0.1) is 5.56 Å². The number of carbonyl (C=O) groups excluding carboxylic acids is 2. The van der Waals surface area contributed by atoms with Gasteiger partial charge >= 0.3 is 0 Å². The van der Waals surface area contributed by atoms with Crippen LogP contribution in [-0.4, -0.2) is 23.5 Å².